The van der Waals surface area contributed by atoms with Gasteiger partial charge in [-0.3, -0.25) is 15.0 Å². The molecule has 3 rings (SSSR count). The number of hydrogen-bond donors (Lipinski definition) is 1. The van der Waals surface area contributed by atoms with Crippen molar-refractivity contribution in [2.45, 2.75) is 92.6 Å². The smallest absolute Gasteiger partial charge is 0.315 e. The Bertz CT molecular complexity index is 814. The Morgan fingerprint density at radius 2 is 2.06 bits per heavy atom. The molecular formula is C27H41NO4. The maximum absolute atomic E-state index is 12.5. The molecule has 0 saturated carbocycles. The fourth-order valence-corrected chi connectivity index (χ4v) is 6.07. The van der Waals surface area contributed by atoms with E-state index in [-0.39, 0.29) is 46.6 Å². The third-order valence-electron chi connectivity index (χ3n) is 8.88. The lowest BCUT2D eigenvalue weighted by molar-refractivity contribution is -0.157. The van der Waals surface area contributed by atoms with Gasteiger partial charge in [-0.1, -0.05) is 59.8 Å². The maximum atomic E-state index is 12.5. The van der Waals surface area contributed by atoms with Crippen molar-refractivity contribution in [2.24, 2.45) is 34.5 Å². The van der Waals surface area contributed by atoms with Crippen LogP contribution in [0.2, 0.25) is 0 Å². The average molecular weight is 444 g/mol. The molecule has 0 aromatic carbocycles. The first-order valence-corrected chi connectivity index (χ1v) is 12.4. The monoisotopic (exact) mass is 443 g/mol. The van der Waals surface area contributed by atoms with Crippen molar-refractivity contribution in [2.75, 3.05) is 0 Å². The van der Waals surface area contributed by atoms with Crippen molar-refractivity contribution < 1.29 is 19.1 Å². The highest BCUT2D eigenvalue weighted by Crippen LogP contribution is 2.62. The van der Waals surface area contributed by atoms with E-state index in [1.54, 1.807) is 0 Å². The zero-order valence-corrected chi connectivity index (χ0v) is 20.7. The van der Waals surface area contributed by atoms with E-state index in [4.69, 9.17) is 14.9 Å². The Balaban J connectivity index is 1.87. The summed E-state index contributed by atoms with van der Waals surface area (Å²) < 4.78 is 11.3. The van der Waals surface area contributed by atoms with Gasteiger partial charge in [-0.15, -0.1) is 0 Å². The highest BCUT2D eigenvalue weighted by Gasteiger charge is 2.57. The molecule has 7 atom stereocenters. The number of carbonyl (C=O) groups is 2. The molecule has 1 saturated heterocycles. The van der Waals surface area contributed by atoms with E-state index < -0.39 is 0 Å². The molecule has 1 fully saturated rings. The van der Waals surface area contributed by atoms with E-state index in [2.05, 4.69) is 45.9 Å². The van der Waals surface area contributed by atoms with Crippen LogP contribution in [0.4, 0.5) is 0 Å². The van der Waals surface area contributed by atoms with Crippen LogP contribution >= 0.6 is 0 Å². The fraction of sp³-hybridized carbons (Fsp3) is 0.741. The molecule has 0 amide bonds. The summed E-state index contributed by atoms with van der Waals surface area (Å²) in [5.74, 6) is 0.00855. The number of nitrogens with one attached hydrogen (secondary N) is 1. The van der Waals surface area contributed by atoms with Crippen molar-refractivity contribution in [3.63, 3.8) is 0 Å². The molecule has 0 aromatic heterocycles. The lowest BCUT2D eigenvalue weighted by Crippen LogP contribution is -2.53. The molecule has 1 unspecified atom stereocenters. The molecule has 5 heteroatoms. The molecule has 5 nitrogen and oxygen atoms in total. The van der Waals surface area contributed by atoms with Crippen molar-refractivity contribution >= 4 is 17.8 Å². The molecule has 1 N–H and O–H groups in total. The lowest BCUT2D eigenvalue weighted by Gasteiger charge is -2.58. The van der Waals surface area contributed by atoms with Gasteiger partial charge in [0.2, 0.25) is 0 Å². The van der Waals surface area contributed by atoms with E-state index >= 15 is 0 Å². The van der Waals surface area contributed by atoms with E-state index in [1.807, 2.05) is 13.8 Å². The summed E-state index contributed by atoms with van der Waals surface area (Å²) in [4.78, 5) is 24.4. The highest BCUT2D eigenvalue weighted by atomic mass is 16.5. The predicted molar refractivity (Wildman–Crippen MR) is 126 cm³/mol. The zero-order chi connectivity index (χ0) is 23.7. The molecule has 2 aliphatic carbocycles. The first kappa shape index (κ1) is 24.7. The van der Waals surface area contributed by atoms with E-state index in [1.165, 1.54) is 5.57 Å². The molecule has 0 aromatic rings. The van der Waals surface area contributed by atoms with Gasteiger partial charge < -0.3 is 9.47 Å². The van der Waals surface area contributed by atoms with Crippen LogP contribution in [0.25, 0.3) is 0 Å². The van der Waals surface area contributed by atoms with Crippen LogP contribution in [0.3, 0.4) is 0 Å². The van der Waals surface area contributed by atoms with Crippen molar-refractivity contribution in [3.8, 4) is 0 Å². The average Bonchev–Trinajstić information content (AvgIpc) is 2.74. The second-order valence-electron chi connectivity index (χ2n) is 10.8. The van der Waals surface area contributed by atoms with Gasteiger partial charge in [-0.2, -0.15) is 0 Å². The van der Waals surface area contributed by atoms with Crippen LogP contribution in [-0.4, -0.2) is 23.9 Å². The molecule has 0 radical (unpaired) electrons. The Kier molecular flexibility index (Phi) is 7.36. The molecule has 178 valence electrons. The summed E-state index contributed by atoms with van der Waals surface area (Å²) in [6, 6.07) is 0. The van der Waals surface area contributed by atoms with Gasteiger partial charge in [0.1, 0.15) is 6.10 Å². The number of esters is 2. The van der Waals surface area contributed by atoms with Crippen LogP contribution in [0, 0.1) is 39.9 Å². The van der Waals surface area contributed by atoms with E-state index in [9.17, 15) is 9.59 Å². The third kappa shape index (κ3) is 4.45. The molecule has 1 aliphatic heterocycles. The number of ether oxygens (including phenoxy) is 2. The molecule has 1 heterocycles. The van der Waals surface area contributed by atoms with Crippen LogP contribution in [0.15, 0.2) is 23.8 Å². The largest absolute Gasteiger partial charge is 0.462 e. The molecule has 0 bridgehead atoms. The summed E-state index contributed by atoms with van der Waals surface area (Å²) >= 11 is 0. The summed E-state index contributed by atoms with van der Waals surface area (Å²) in [7, 11) is 0. The quantitative estimate of drug-likeness (QED) is 0.300. The molecule has 0 spiro atoms. The second kappa shape index (κ2) is 9.52. The van der Waals surface area contributed by atoms with Gasteiger partial charge in [0.15, 0.2) is 5.90 Å². The predicted octanol–water partition coefficient (Wildman–Crippen LogP) is 6.23. The van der Waals surface area contributed by atoms with Gasteiger partial charge in [-0.25, -0.2) is 0 Å². The summed E-state index contributed by atoms with van der Waals surface area (Å²) in [6.45, 7) is 12.7. The van der Waals surface area contributed by atoms with Gasteiger partial charge >= 0.3 is 11.9 Å². The Morgan fingerprint density at radius 3 is 2.72 bits per heavy atom. The van der Waals surface area contributed by atoms with E-state index in [0.29, 0.717) is 24.7 Å². The maximum Gasteiger partial charge on any atom is 0.315 e. The normalized spacial score (nSPS) is 37.7. The van der Waals surface area contributed by atoms with Gasteiger partial charge in [0, 0.05) is 17.8 Å². The molecule has 3 aliphatic rings. The first-order chi connectivity index (χ1) is 15.0. The minimum absolute atomic E-state index is 0.0399. The third-order valence-corrected chi connectivity index (χ3v) is 8.88. The number of cyclic esters (lactones) is 1. The van der Waals surface area contributed by atoms with Gasteiger partial charge in [-0.05, 0) is 61.3 Å². The van der Waals surface area contributed by atoms with E-state index in [0.717, 1.165) is 32.1 Å². The van der Waals surface area contributed by atoms with Crippen LogP contribution in [-0.2, 0) is 19.1 Å². The fourth-order valence-electron chi connectivity index (χ4n) is 6.07. The molecular weight excluding hydrogens is 402 g/mol. The number of fused-ring (bicyclic) bond motifs is 1. The van der Waals surface area contributed by atoms with Crippen LogP contribution in [0.5, 0.6) is 0 Å². The first-order valence-electron chi connectivity index (χ1n) is 12.4. The van der Waals surface area contributed by atoms with Crippen LogP contribution in [0.1, 0.15) is 86.5 Å². The zero-order valence-electron chi connectivity index (χ0n) is 20.7. The number of carbonyl (C=O) groups excluding carboxylic acids is 2. The summed E-state index contributed by atoms with van der Waals surface area (Å²) in [5, 5.41) is 8.79. The number of rotatable bonds is 6. The standard InChI is InChI=1S/C27H41NO4/c1-7-18(3)25(30)32-24(28)22-10-8-9-20-12-11-19(4)26(5,27(20,22)6)14-13-21-15-17(2)16-23(29)31-21/h9,11-12,17-19,21-22,28H,7-8,10,13-16H2,1-6H3/t17-,18+,19+,21-,22-,26?,27-/m1/s1. The Labute approximate surface area is 193 Å². The van der Waals surface area contributed by atoms with Crippen molar-refractivity contribution in [1.82, 2.24) is 0 Å². The Hall–Kier alpha value is -1.91. The molecule has 32 heavy (non-hydrogen) atoms. The highest BCUT2D eigenvalue weighted by molar-refractivity contribution is 5.90. The SMILES string of the molecule is CC[C@H](C)C(=O)OC(=N)[C@H]1CCC=C2C=C[C@H](C)C(C)(CC[C@@H]3C[C@@H](C)CC(=O)O3)[C@]21C. The summed E-state index contributed by atoms with van der Waals surface area (Å²) in [5.41, 5.74) is 0.768. The number of hydrogen-bond acceptors (Lipinski definition) is 5. The van der Waals surface area contributed by atoms with Crippen molar-refractivity contribution in [1.29, 1.82) is 5.41 Å². The van der Waals surface area contributed by atoms with Gasteiger partial charge in [0.25, 0.3) is 0 Å². The minimum Gasteiger partial charge on any atom is -0.462 e. The van der Waals surface area contributed by atoms with Gasteiger partial charge in [0.05, 0.1) is 5.92 Å². The number of allylic oxidation sites excluding steroid dienone is 4. The second-order valence-corrected chi connectivity index (χ2v) is 10.8. The lowest BCUT2D eigenvalue weighted by atomic mass is 9.46. The topological polar surface area (TPSA) is 76.5 Å². The minimum atomic E-state index is -0.323. The Morgan fingerprint density at radius 1 is 1.34 bits per heavy atom. The van der Waals surface area contributed by atoms with Crippen molar-refractivity contribution in [3.05, 3.63) is 23.8 Å². The van der Waals surface area contributed by atoms with Crippen LogP contribution < -0.4 is 0 Å². The summed E-state index contributed by atoms with van der Waals surface area (Å²) in [6.07, 6.45) is 12.3.